The standard InChI is InChI=1S/C14H14ClN5/c1-19-8-11(6-17-19)14-13(16)9-20(18-14)7-10-3-2-4-12(15)5-10/h2-6,8-9H,7,16H2,1H3. The van der Waals surface area contributed by atoms with Gasteiger partial charge in [-0.3, -0.25) is 9.36 Å². The number of aromatic nitrogens is 4. The van der Waals surface area contributed by atoms with Crippen molar-refractivity contribution in [3.63, 3.8) is 0 Å². The molecule has 0 spiro atoms. The highest BCUT2D eigenvalue weighted by atomic mass is 35.5. The highest BCUT2D eigenvalue weighted by Gasteiger charge is 2.10. The van der Waals surface area contributed by atoms with Gasteiger partial charge in [0.05, 0.1) is 18.4 Å². The van der Waals surface area contributed by atoms with Gasteiger partial charge in [-0.05, 0) is 17.7 Å². The molecule has 0 aliphatic heterocycles. The van der Waals surface area contributed by atoms with Gasteiger partial charge in [0.1, 0.15) is 5.69 Å². The van der Waals surface area contributed by atoms with Gasteiger partial charge in [0.15, 0.2) is 0 Å². The number of nitrogen functional groups attached to an aromatic ring is 1. The van der Waals surface area contributed by atoms with E-state index in [1.165, 1.54) is 0 Å². The number of hydrogen-bond acceptors (Lipinski definition) is 3. The maximum atomic E-state index is 6.02. The van der Waals surface area contributed by atoms with Crippen LogP contribution in [0.25, 0.3) is 11.3 Å². The Labute approximate surface area is 121 Å². The number of rotatable bonds is 3. The van der Waals surface area contributed by atoms with Crippen LogP contribution in [0.3, 0.4) is 0 Å². The zero-order valence-electron chi connectivity index (χ0n) is 11.0. The maximum absolute atomic E-state index is 6.02. The zero-order chi connectivity index (χ0) is 14.1. The van der Waals surface area contributed by atoms with Crippen molar-refractivity contribution in [2.45, 2.75) is 6.54 Å². The maximum Gasteiger partial charge on any atom is 0.118 e. The van der Waals surface area contributed by atoms with Gasteiger partial charge in [0.2, 0.25) is 0 Å². The van der Waals surface area contributed by atoms with Crippen molar-refractivity contribution in [2.24, 2.45) is 7.05 Å². The molecule has 0 aliphatic carbocycles. The van der Waals surface area contributed by atoms with E-state index in [0.717, 1.165) is 21.8 Å². The number of hydrogen-bond donors (Lipinski definition) is 1. The summed E-state index contributed by atoms with van der Waals surface area (Å²) >= 11 is 5.98. The van der Waals surface area contributed by atoms with E-state index in [9.17, 15) is 0 Å². The summed E-state index contributed by atoms with van der Waals surface area (Å²) in [5, 5.41) is 9.36. The van der Waals surface area contributed by atoms with Gasteiger partial charge < -0.3 is 5.73 Å². The number of nitrogens with two attached hydrogens (primary N) is 1. The van der Waals surface area contributed by atoms with Crippen LogP contribution in [0.5, 0.6) is 0 Å². The van der Waals surface area contributed by atoms with E-state index >= 15 is 0 Å². The second-order valence-electron chi connectivity index (χ2n) is 4.66. The average molecular weight is 288 g/mol. The highest BCUT2D eigenvalue weighted by molar-refractivity contribution is 6.30. The van der Waals surface area contributed by atoms with Gasteiger partial charge in [0.25, 0.3) is 0 Å². The van der Waals surface area contributed by atoms with Crippen molar-refractivity contribution in [3.05, 3.63) is 53.4 Å². The quantitative estimate of drug-likeness (QED) is 0.805. The van der Waals surface area contributed by atoms with Crippen LogP contribution in [0.2, 0.25) is 5.02 Å². The Bertz CT molecular complexity index is 744. The molecule has 2 N–H and O–H groups in total. The lowest BCUT2D eigenvalue weighted by atomic mass is 10.2. The molecular weight excluding hydrogens is 274 g/mol. The first-order chi connectivity index (χ1) is 9.61. The van der Waals surface area contributed by atoms with E-state index in [4.69, 9.17) is 17.3 Å². The normalized spacial score (nSPS) is 10.9. The van der Waals surface area contributed by atoms with E-state index in [1.54, 1.807) is 10.9 Å². The van der Waals surface area contributed by atoms with Gasteiger partial charge in [-0.15, -0.1) is 0 Å². The van der Waals surface area contributed by atoms with E-state index < -0.39 is 0 Å². The SMILES string of the molecule is Cn1cc(-c2nn(Cc3cccc(Cl)c3)cc2N)cn1. The van der Waals surface area contributed by atoms with Gasteiger partial charge in [0, 0.05) is 30.0 Å². The Morgan fingerprint density at radius 2 is 2.15 bits per heavy atom. The first-order valence-corrected chi connectivity index (χ1v) is 6.56. The lowest BCUT2D eigenvalue weighted by molar-refractivity contribution is 0.689. The van der Waals surface area contributed by atoms with Crippen LogP contribution in [-0.2, 0) is 13.6 Å². The summed E-state index contributed by atoms with van der Waals surface area (Å²) in [7, 11) is 1.86. The lowest BCUT2D eigenvalue weighted by Gasteiger charge is -2.01. The molecule has 20 heavy (non-hydrogen) atoms. The third-order valence-corrected chi connectivity index (χ3v) is 3.24. The summed E-state index contributed by atoms with van der Waals surface area (Å²) in [4.78, 5) is 0. The van der Waals surface area contributed by atoms with Crippen LogP contribution in [-0.4, -0.2) is 19.6 Å². The zero-order valence-corrected chi connectivity index (χ0v) is 11.7. The summed E-state index contributed by atoms with van der Waals surface area (Å²) < 4.78 is 3.54. The Morgan fingerprint density at radius 3 is 2.85 bits per heavy atom. The van der Waals surface area contributed by atoms with Gasteiger partial charge in [-0.1, -0.05) is 23.7 Å². The van der Waals surface area contributed by atoms with E-state index in [0.29, 0.717) is 12.2 Å². The van der Waals surface area contributed by atoms with Crippen molar-refractivity contribution in [1.82, 2.24) is 19.6 Å². The highest BCUT2D eigenvalue weighted by Crippen LogP contribution is 2.23. The Kier molecular flexibility index (Phi) is 3.20. The molecule has 0 saturated heterocycles. The lowest BCUT2D eigenvalue weighted by Crippen LogP contribution is -2.00. The molecule has 1 aromatic carbocycles. The third kappa shape index (κ3) is 2.53. The average Bonchev–Trinajstić information content (AvgIpc) is 2.96. The largest absolute Gasteiger partial charge is 0.396 e. The van der Waals surface area contributed by atoms with Gasteiger partial charge >= 0.3 is 0 Å². The fraction of sp³-hybridized carbons (Fsp3) is 0.143. The minimum Gasteiger partial charge on any atom is -0.396 e. The van der Waals surface area contributed by atoms with Crippen LogP contribution in [0.15, 0.2) is 42.9 Å². The molecule has 2 heterocycles. The summed E-state index contributed by atoms with van der Waals surface area (Å²) in [6.45, 7) is 0.630. The molecule has 0 bridgehead atoms. The first-order valence-electron chi connectivity index (χ1n) is 6.18. The summed E-state index contributed by atoms with van der Waals surface area (Å²) in [5.41, 5.74) is 9.40. The van der Waals surface area contributed by atoms with Gasteiger partial charge in [-0.25, -0.2) is 0 Å². The van der Waals surface area contributed by atoms with Crippen molar-refractivity contribution < 1.29 is 0 Å². The minimum atomic E-state index is 0.630. The molecular formula is C14H14ClN5. The predicted molar refractivity (Wildman–Crippen MR) is 79.4 cm³/mol. The molecule has 102 valence electrons. The fourth-order valence-electron chi connectivity index (χ4n) is 2.11. The molecule has 0 radical (unpaired) electrons. The van der Waals surface area contributed by atoms with Crippen LogP contribution in [0, 0.1) is 0 Å². The summed E-state index contributed by atoms with van der Waals surface area (Å²) in [6, 6.07) is 7.70. The van der Waals surface area contributed by atoms with Crippen LogP contribution in [0.1, 0.15) is 5.56 Å². The van der Waals surface area contributed by atoms with Gasteiger partial charge in [-0.2, -0.15) is 10.2 Å². The molecule has 0 amide bonds. The fourth-order valence-corrected chi connectivity index (χ4v) is 2.32. The Morgan fingerprint density at radius 1 is 1.30 bits per heavy atom. The van der Waals surface area contributed by atoms with E-state index in [-0.39, 0.29) is 0 Å². The van der Waals surface area contributed by atoms with Crippen molar-refractivity contribution in [1.29, 1.82) is 0 Å². The molecule has 0 saturated carbocycles. The number of benzene rings is 1. The number of aryl methyl sites for hydroxylation is 1. The van der Waals surface area contributed by atoms with Crippen molar-refractivity contribution in [3.8, 4) is 11.3 Å². The molecule has 2 aromatic heterocycles. The molecule has 0 atom stereocenters. The van der Waals surface area contributed by atoms with Crippen LogP contribution >= 0.6 is 11.6 Å². The molecule has 0 aliphatic rings. The van der Waals surface area contributed by atoms with E-state index in [2.05, 4.69) is 10.2 Å². The first kappa shape index (κ1) is 12.7. The number of nitrogens with zero attached hydrogens (tertiary/aromatic N) is 4. The number of anilines is 1. The topological polar surface area (TPSA) is 61.7 Å². The molecule has 0 unspecified atom stereocenters. The molecule has 3 aromatic rings. The second-order valence-corrected chi connectivity index (χ2v) is 5.10. The Balaban J connectivity index is 1.89. The monoisotopic (exact) mass is 287 g/mol. The van der Waals surface area contributed by atoms with Crippen LogP contribution in [0.4, 0.5) is 5.69 Å². The Hall–Kier alpha value is -2.27. The number of halogens is 1. The smallest absolute Gasteiger partial charge is 0.118 e. The summed E-state index contributed by atoms with van der Waals surface area (Å²) in [6.07, 6.45) is 5.47. The van der Waals surface area contributed by atoms with Crippen molar-refractivity contribution in [2.75, 3.05) is 5.73 Å². The second kappa shape index (κ2) is 5.02. The molecule has 5 nitrogen and oxygen atoms in total. The third-order valence-electron chi connectivity index (χ3n) is 3.00. The summed E-state index contributed by atoms with van der Waals surface area (Å²) in [5.74, 6) is 0. The molecule has 3 rings (SSSR count). The van der Waals surface area contributed by atoms with Crippen LogP contribution < -0.4 is 5.73 Å². The van der Waals surface area contributed by atoms with E-state index in [1.807, 2.05) is 48.4 Å². The van der Waals surface area contributed by atoms with Crippen molar-refractivity contribution >= 4 is 17.3 Å². The minimum absolute atomic E-state index is 0.630. The molecule has 0 fully saturated rings. The molecule has 6 heteroatoms. The predicted octanol–water partition coefficient (Wildman–Crippen LogP) is 2.57.